The zero-order valence-corrected chi connectivity index (χ0v) is 14.2. The Labute approximate surface area is 141 Å². The van der Waals surface area contributed by atoms with Crippen molar-refractivity contribution in [2.75, 3.05) is 38.1 Å². The number of hydrogen-bond donors (Lipinski definition) is 0. The quantitative estimate of drug-likeness (QED) is 0.465. The maximum Gasteiger partial charge on any atom is 0.246 e. The highest BCUT2D eigenvalue weighted by Gasteiger charge is 2.31. The smallest absolute Gasteiger partial charge is 0.246 e. The summed E-state index contributed by atoms with van der Waals surface area (Å²) in [4.78, 5) is 32.6. The van der Waals surface area contributed by atoms with Crippen molar-refractivity contribution in [3.05, 3.63) is 35.7 Å². The van der Waals surface area contributed by atoms with Crippen LogP contribution in [0.2, 0.25) is 0 Å². The van der Waals surface area contributed by atoms with E-state index >= 15 is 0 Å². The summed E-state index contributed by atoms with van der Waals surface area (Å²) in [5.41, 5.74) is 1.89. The van der Waals surface area contributed by atoms with E-state index in [0.29, 0.717) is 5.82 Å². The fourth-order valence-corrected chi connectivity index (χ4v) is 2.66. The van der Waals surface area contributed by atoms with E-state index in [1.807, 2.05) is 54.2 Å². The number of rotatable bonds is 5. The van der Waals surface area contributed by atoms with Gasteiger partial charge in [-0.1, -0.05) is 12.1 Å². The van der Waals surface area contributed by atoms with Gasteiger partial charge in [0, 0.05) is 34.0 Å². The molecule has 0 aromatic heterocycles. The third-order valence-electron chi connectivity index (χ3n) is 4.05. The van der Waals surface area contributed by atoms with Crippen LogP contribution in [0.5, 0.6) is 0 Å². The Balaban J connectivity index is 2.25. The topological polar surface area (TPSA) is 76.9 Å². The molecule has 7 heteroatoms. The van der Waals surface area contributed by atoms with E-state index in [2.05, 4.69) is 0 Å². The van der Waals surface area contributed by atoms with Gasteiger partial charge >= 0.3 is 0 Å². The highest BCUT2D eigenvalue weighted by molar-refractivity contribution is 6.03. The standard InChI is InChI=1S/C17H20N4O3/c1-19-13-7-5-6-8-14(13)20(2)17(19)12(11-18)15(22)9-10-16(23)21(3)24-4/h5-8H,9-10H2,1-4H3. The molecule has 1 amide bonds. The van der Waals surface area contributed by atoms with Gasteiger partial charge in [-0.05, 0) is 12.1 Å². The monoisotopic (exact) mass is 328 g/mol. The number of allylic oxidation sites excluding steroid dienone is 1. The molecule has 1 aromatic rings. The molecule has 7 nitrogen and oxygen atoms in total. The van der Waals surface area contributed by atoms with E-state index in [1.165, 1.54) is 14.2 Å². The number of benzene rings is 1. The summed E-state index contributed by atoms with van der Waals surface area (Å²) in [6, 6.07) is 9.65. The predicted octanol–water partition coefficient (Wildman–Crippen LogP) is 1.68. The minimum atomic E-state index is -0.364. The molecule has 0 atom stereocenters. The third-order valence-corrected chi connectivity index (χ3v) is 4.05. The largest absolute Gasteiger partial charge is 0.328 e. The van der Waals surface area contributed by atoms with E-state index < -0.39 is 0 Å². The van der Waals surface area contributed by atoms with Gasteiger partial charge in [-0.15, -0.1) is 0 Å². The highest BCUT2D eigenvalue weighted by Crippen LogP contribution is 2.40. The second-order valence-electron chi connectivity index (χ2n) is 5.41. The van der Waals surface area contributed by atoms with Crippen molar-refractivity contribution in [2.24, 2.45) is 0 Å². The maximum atomic E-state index is 12.5. The molecule has 24 heavy (non-hydrogen) atoms. The van der Waals surface area contributed by atoms with Crippen molar-refractivity contribution in [1.29, 1.82) is 5.26 Å². The summed E-state index contributed by atoms with van der Waals surface area (Å²) < 4.78 is 0. The van der Waals surface area contributed by atoms with Crippen LogP contribution >= 0.6 is 0 Å². The minimum Gasteiger partial charge on any atom is -0.328 e. The van der Waals surface area contributed by atoms with Gasteiger partial charge in [0.25, 0.3) is 0 Å². The lowest BCUT2D eigenvalue weighted by Crippen LogP contribution is -2.28. The zero-order chi connectivity index (χ0) is 17.9. The Morgan fingerprint density at radius 2 is 1.71 bits per heavy atom. The average molecular weight is 328 g/mol. The van der Waals surface area contributed by atoms with Crippen molar-refractivity contribution in [3.63, 3.8) is 0 Å². The minimum absolute atomic E-state index is 0.0119. The van der Waals surface area contributed by atoms with Crippen molar-refractivity contribution in [1.82, 2.24) is 5.06 Å². The van der Waals surface area contributed by atoms with Crippen LogP contribution < -0.4 is 9.80 Å². The van der Waals surface area contributed by atoms with Crippen LogP contribution in [0.4, 0.5) is 11.4 Å². The molecule has 1 aliphatic heterocycles. The number of amides is 1. The van der Waals surface area contributed by atoms with E-state index in [1.54, 1.807) is 0 Å². The van der Waals surface area contributed by atoms with Crippen molar-refractivity contribution in [3.8, 4) is 6.07 Å². The van der Waals surface area contributed by atoms with Gasteiger partial charge in [0.1, 0.15) is 17.5 Å². The number of carbonyl (C=O) groups excluding carboxylic acids is 2. The van der Waals surface area contributed by atoms with Crippen LogP contribution in [0.1, 0.15) is 12.8 Å². The summed E-state index contributed by atoms with van der Waals surface area (Å²) in [6.45, 7) is 0. The predicted molar refractivity (Wildman–Crippen MR) is 89.9 cm³/mol. The first-order chi connectivity index (χ1) is 11.4. The molecule has 0 saturated carbocycles. The number of hydrogen-bond acceptors (Lipinski definition) is 6. The van der Waals surface area contributed by atoms with Crippen LogP contribution in [-0.4, -0.2) is 45.0 Å². The van der Waals surface area contributed by atoms with Gasteiger partial charge in [0.15, 0.2) is 5.78 Å². The molecule has 0 N–H and O–H groups in total. The number of nitrogens with zero attached hydrogens (tertiary/aromatic N) is 4. The number of carbonyl (C=O) groups is 2. The molecule has 1 heterocycles. The molecule has 2 rings (SSSR count). The van der Waals surface area contributed by atoms with Gasteiger partial charge < -0.3 is 9.80 Å². The summed E-state index contributed by atoms with van der Waals surface area (Å²) >= 11 is 0. The average Bonchev–Trinajstić information content (AvgIpc) is 2.85. The van der Waals surface area contributed by atoms with Crippen molar-refractivity contribution in [2.45, 2.75) is 12.8 Å². The van der Waals surface area contributed by atoms with Gasteiger partial charge in [0.05, 0.1) is 18.5 Å². The molecule has 0 saturated heterocycles. The van der Waals surface area contributed by atoms with Gasteiger partial charge in [-0.25, -0.2) is 5.06 Å². The Hall–Kier alpha value is -2.85. The number of fused-ring (bicyclic) bond motifs is 1. The lowest BCUT2D eigenvalue weighted by Gasteiger charge is -2.20. The zero-order valence-electron chi connectivity index (χ0n) is 14.2. The molecule has 0 spiro atoms. The summed E-state index contributed by atoms with van der Waals surface area (Å²) in [7, 11) is 6.48. The van der Waals surface area contributed by atoms with Gasteiger partial charge in [0.2, 0.25) is 5.91 Å². The first-order valence-corrected chi connectivity index (χ1v) is 7.47. The number of ketones is 1. The van der Waals surface area contributed by atoms with E-state index in [-0.39, 0.29) is 30.1 Å². The number of para-hydroxylation sites is 2. The number of hydroxylamine groups is 2. The molecule has 0 unspecified atom stereocenters. The SMILES string of the molecule is CON(C)C(=O)CCC(=O)C(C#N)=C1N(C)c2ccccc2N1C. The molecular weight excluding hydrogens is 308 g/mol. The Morgan fingerprint density at radius 1 is 1.17 bits per heavy atom. The van der Waals surface area contributed by atoms with Gasteiger partial charge in [-0.2, -0.15) is 5.26 Å². The third kappa shape index (κ3) is 3.09. The summed E-state index contributed by atoms with van der Waals surface area (Å²) in [6.07, 6.45) is -0.0566. The molecular formula is C17H20N4O3. The Morgan fingerprint density at radius 3 is 2.17 bits per heavy atom. The fourth-order valence-electron chi connectivity index (χ4n) is 2.66. The van der Waals surface area contributed by atoms with Crippen LogP contribution in [-0.2, 0) is 14.4 Å². The van der Waals surface area contributed by atoms with Gasteiger partial charge in [-0.3, -0.25) is 14.4 Å². The van der Waals surface area contributed by atoms with Crippen LogP contribution in [0.15, 0.2) is 35.7 Å². The number of nitriles is 1. The molecule has 1 aliphatic rings. The maximum absolute atomic E-state index is 12.5. The van der Waals surface area contributed by atoms with Crippen LogP contribution in [0, 0.1) is 11.3 Å². The first kappa shape index (κ1) is 17.5. The Bertz CT molecular complexity index is 705. The number of anilines is 2. The van der Waals surface area contributed by atoms with E-state index in [4.69, 9.17) is 4.84 Å². The highest BCUT2D eigenvalue weighted by atomic mass is 16.7. The van der Waals surface area contributed by atoms with Crippen LogP contribution in [0.3, 0.4) is 0 Å². The normalized spacial score (nSPS) is 12.7. The molecule has 0 aliphatic carbocycles. The molecule has 0 radical (unpaired) electrons. The summed E-state index contributed by atoms with van der Waals surface area (Å²) in [5, 5.41) is 10.6. The fraction of sp³-hybridized carbons (Fsp3) is 0.353. The summed E-state index contributed by atoms with van der Waals surface area (Å²) in [5.74, 6) is -0.155. The van der Waals surface area contributed by atoms with E-state index in [9.17, 15) is 14.9 Å². The molecule has 1 aromatic carbocycles. The molecule has 0 fully saturated rings. The number of Topliss-reactive ketones (excluding diaryl/α,β-unsaturated/α-hetero) is 1. The second kappa shape index (κ2) is 7.15. The Kier molecular flexibility index (Phi) is 5.21. The van der Waals surface area contributed by atoms with E-state index in [0.717, 1.165) is 16.4 Å². The van der Waals surface area contributed by atoms with Crippen molar-refractivity contribution < 1.29 is 14.4 Å². The van der Waals surface area contributed by atoms with Crippen LogP contribution in [0.25, 0.3) is 0 Å². The second-order valence-corrected chi connectivity index (χ2v) is 5.41. The molecule has 126 valence electrons. The van der Waals surface area contributed by atoms with Crippen molar-refractivity contribution >= 4 is 23.1 Å². The lowest BCUT2D eigenvalue weighted by molar-refractivity contribution is -0.169. The molecule has 0 bridgehead atoms. The lowest BCUT2D eigenvalue weighted by atomic mass is 10.1. The first-order valence-electron chi connectivity index (χ1n) is 7.47.